The number of Topliss-reactive ketones (excluding diaryl/α,β-unsaturated/α-hetero) is 2. The van der Waals surface area contributed by atoms with E-state index in [0.717, 1.165) is 12.8 Å². The van der Waals surface area contributed by atoms with Crippen LogP contribution in [0.3, 0.4) is 0 Å². The van der Waals surface area contributed by atoms with Crippen LogP contribution in [0.25, 0.3) is 0 Å². The molecule has 3 atom stereocenters. The fourth-order valence-electron chi connectivity index (χ4n) is 3.09. The minimum Gasteiger partial charge on any atom is -0.299 e. The molecule has 2 rings (SSSR count). The summed E-state index contributed by atoms with van der Waals surface area (Å²) in [6, 6.07) is 9.21. The van der Waals surface area contributed by atoms with E-state index in [4.69, 9.17) is 0 Å². The van der Waals surface area contributed by atoms with E-state index in [0.29, 0.717) is 11.5 Å². The molecule has 0 saturated heterocycles. The normalized spacial score (nSPS) is 27.6. The molecule has 1 aromatic carbocycles. The lowest BCUT2D eigenvalue weighted by atomic mass is 9.68. The number of hydrogen-bond donors (Lipinski definition) is 0. The van der Waals surface area contributed by atoms with Gasteiger partial charge in [-0.2, -0.15) is 0 Å². The molecule has 0 N–H and O–H groups in total. The van der Waals surface area contributed by atoms with Crippen LogP contribution < -0.4 is 0 Å². The molecule has 19 heavy (non-hydrogen) atoms. The lowest BCUT2D eigenvalue weighted by molar-refractivity contribution is -0.130. The zero-order valence-electron chi connectivity index (χ0n) is 11.9. The Hall–Kier alpha value is -1.44. The molecule has 0 radical (unpaired) electrons. The van der Waals surface area contributed by atoms with Crippen molar-refractivity contribution in [1.29, 1.82) is 0 Å². The second-order valence-corrected chi connectivity index (χ2v) is 6.02. The Morgan fingerprint density at radius 2 is 1.79 bits per heavy atom. The van der Waals surface area contributed by atoms with Crippen molar-refractivity contribution in [3.05, 3.63) is 35.9 Å². The van der Waals surface area contributed by atoms with Gasteiger partial charge in [-0.1, -0.05) is 51.1 Å². The van der Waals surface area contributed by atoms with E-state index in [-0.39, 0.29) is 23.4 Å². The van der Waals surface area contributed by atoms with Gasteiger partial charge < -0.3 is 0 Å². The minimum absolute atomic E-state index is 0.00319. The maximum absolute atomic E-state index is 12.6. The molecular weight excluding hydrogens is 236 g/mol. The van der Waals surface area contributed by atoms with Crippen molar-refractivity contribution >= 4 is 11.6 Å². The highest BCUT2D eigenvalue weighted by Crippen LogP contribution is 2.36. The number of ketones is 2. The number of carbonyl (C=O) groups excluding carboxylic acids is 2. The Bertz CT molecular complexity index is 461. The third kappa shape index (κ3) is 2.78. The van der Waals surface area contributed by atoms with Crippen molar-refractivity contribution in [2.45, 2.75) is 33.6 Å². The molecule has 1 saturated carbocycles. The number of rotatable bonds is 3. The molecule has 102 valence electrons. The standard InChI is InChI=1S/C17H22O2/c1-11(2)14-10-9-12(3)15(17(14)19)16(18)13-7-5-4-6-8-13/h4-8,11-12,14-15H,9-10H2,1-3H3/t12-,14+,15?/m1/s1. The van der Waals surface area contributed by atoms with Crippen LogP contribution in [0.1, 0.15) is 44.0 Å². The summed E-state index contributed by atoms with van der Waals surface area (Å²) < 4.78 is 0. The molecule has 1 unspecified atom stereocenters. The summed E-state index contributed by atoms with van der Waals surface area (Å²) in [6.07, 6.45) is 1.90. The van der Waals surface area contributed by atoms with Crippen molar-refractivity contribution in [1.82, 2.24) is 0 Å². The van der Waals surface area contributed by atoms with Gasteiger partial charge in [0.05, 0.1) is 5.92 Å². The number of carbonyl (C=O) groups is 2. The summed E-state index contributed by atoms with van der Waals surface area (Å²) in [6.45, 7) is 6.17. The Morgan fingerprint density at radius 1 is 1.16 bits per heavy atom. The zero-order valence-corrected chi connectivity index (χ0v) is 11.9. The predicted octanol–water partition coefficient (Wildman–Crippen LogP) is 3.76. The predicted molar refractivity (Wildman–Crippen MR) is 76.0 cm³/mol. The van der Waals surface area contributed by atoms with E-state index in [9.17, 15) is 9.59 Å². The van der Waals surface area contributed by atoms with Gasteiger partial charge in [0.25, 0.3) is 0 Å². The largest absolute Gasteiger partial charge is 0.299 e. The molecular formula is C17H22O2. The maximum Gasteiger partial charge on any atom is 0.173 e. The van der Waals surface area contributed by atoms with Crippen LogP contribution >= 0.6 is 0 Å². The third-order valence-corrected chi connectivity index (χ3v) is 4.32. The van der Waals surface area contributed by atoms with Crippen molar-refractivity contribution in [2.24, 2.45) is 23.7 Å². The highest BCUT2D eigenvalue weighted by atomic mass is 16.2. The number of hydrogen-bond acceptors (Lipinski definition) is 2. The Balaban J connectivity index is 2.26. The quantitative estimate of drug-likeness (QED) is 0.611. The Morgan fingerprint density at radius 3 is 2.37 bits per heavy atom. The highest BCUT2D eigenvalue weighted by Gasteiger charge is 2.41. The first-order chi connectivity index (χ1) is 9.02. The van der Waals surface area contributed by atoms with E-state index in [1.807, 2.05) is 25.1 Å². The molecule has 1 aromatic rings. The zero-order chi connectivity index (χ0) is 14.0. The summed E-state index contributed by atoms with van der Waals surface area (Å²) in [4.78, 5) is 25.1. The van der Waals surface area contributed by atoms with Gasteiger partial charge in [0.1, 0.15) is 5.78 Å². The molecule has 0 amide bonds. The molecule has 2 nitrogen and oxygen atoms in total. The van der Waals surface area contributed by atoms with Crippen molar-refractivity contribution in [3.8, 4) is 0 Å². The molecule has 0 aliphatic heterocycles. The van der Waals surface area contributed by atoms with E-state index in [2.05, 4.69) is 13.8 Å². The molecule has 1 aliphatic rings. The fraction of sp³-hybridized carbons (Fsp3) is 0.529. The summed E-state index contributed by atoms with van der Waals surface area (Å²) in [5, 5.41) is 0. The van der Waals surface area contributed by atoms with E-state index < -0.39 is 5.92 Å². The molecule has 0 bridgehead atoms. The lowest BCUT2D eigenvalue weighted by Crippen LogP contribution is -2.40. The van der Waals surface area contributed by atoms with Gasteiger partial charge in [0, 0.05) is 11.5 Å². The SMILES string of the molecule is CC(C)[C@@H]1CC[C@@H](C)C(C(=O)c2ccccc2)C1=O. The van der Waals surface area contributed by atoms with Crippen LogP contribution in [-0.2, 0) is 4.79 Å². The van der Waals surface area contributed by atoms with Gasteiger partial charge in [-0.15, -0.1) is 0 Å². The average molecular weight is 258 g/mol. The lowest BCUT2D eigenvalue weighted by Gasteiger charge is -2.34. The fourth-order valence-corrected chi connectivity index (χ4v) is 3.09. The average Bonchev–Trinajstić information content (AvgIpc) is 2.39. The van der Waals surface area contributed by atoms with Crippen LogP contribution in [0.4, 0.5) is 0 Å². The van der Waals surface area contributed by atoms with Crippen LogP contribution in [0.2, 0.25) is 0 Å². The molecule has 2 heteroatoms. The van der Waals surface area contributed by atoms with Crippen LogP contribution in [-0.4, -0.2) is 11.6 Å². The second kappa shape index (κ2) is 5.68. The van der Waals surface area contributed by atoms with Gasteiger partial charge in [-0.3, -0.25) is 9.59 Å². The van der Waals surface area contributed by atoms with E-state index in [1.165, 1.54) is 0 Å². The minimum atomic E-state index is -0.441. The van der Waals surface area contributed by atoms with Crippen molar-refractivity contribution in [2.75, 3.05) is 0 Å². The Kier molecular flexibility index (Phi) is 4.18. The monoisotopic (exact) mass is 258 g/mol. The van der Waals surface area contributed by atoms with Crippen molar-refractivity contribution in [3.63, 3.8) is 0 Å². The molecule has 0 aromatic heterocycles. The molecule has 1 fully saturated rings. The second-order valence-electron chi connectivity index (χ2n) is 6.02. The molecule has 0 spiro atoms. The smallest absolute Gasteiger partial charge is 0.173 e. The van der Waals surface area contributed by atoms with Gasteiger partial charge in [0.15, 0.2) is 5.78 Å². The van der Waals surface area contributed by atoms with Gasteiger partial charge in [0.2, 0.25) is 0 Å². The summed E-state index contributed by atoms with van der Waals surface area (Å²) >= 11 is 0. The first-order valence-electron chi connectivity index (χ1n) is 7.15. The summed E-state index contributed by atoms with van der Waals surface area (Å²) in [5.41, 5.74) is 0.664. The first-order valence-corrected chi connectivity index (χ1v) is 7.15. The first kappa shape index (κ1) is 14.0. The molecule has 0 heterocycles. The van der Waals surface area contributed by atoms with Gasteiger partial charge >= 0.3 is 0 Å². The van der Waals surface area contributed by atoms with Crippen LogP contribution in [0.15, 0.2) is 30.3 Å². The van der Waals surface area contributed by atoms with Crippen LogP contribution in [0.5, 0.6) is 0 Å². The van der Waals surface area contributed by atoms with E-state index >= 15 is 0 Å². The highest BCUT2D eigenvalue weighted by molar-refractivity contribution is 6.11. The summed E-state index contributed by atoms with van der Waals surface area (Å²) in [5.74, 6) is 0.254. The topological polar surface area (TPSA) is 34.1 Å². The van der Waals surface area contributed by atoms with Crippen molar-refractivity contribution < 1.29 is 9.59 Å². The van der Waals surface area contributed by atoms with Crippen LogP contribution in [0, 0.1) is 23.7 Å². The third-order valence-electron chi connectivity index (χ3n) is 4.32. The molecule has 1 aliphatic carbocycles. The maximum atomic E-state index is 12.6. The van der Waals surface area contributed by atoms with Gasteiger partial charge in [-0.05, 0) is 24.7 Å². The van der Waals surface area contributed by atoms with E-state index in [1.54, 1.807) is 12.1 Å². The number of benzene rings is 1. The summed E-state index contributed by atoms with van der Waals surface area (Å²) in [7, 11) is 0. The Labute approximate surface area is 115 Å². The van der Waals surface area contributed by atoms with Gasteiger partial charge in [-0.25, -0.2) is 0 Å².